The van der Waals surface area contributed by atoms with Gasteiger partial charge in [-0.2, -0.15) is 10.5 Å². The normalized spacial score (nSPS) is 8.76. The zero-order valence-electron chi connectivity index (χ0n) is 11.3. The number of hydrogen-bond acceptors (Lipinski definition) is 7. The van der Waals surface area contributed by atoms with Gasteiger partial charge in [-0.15, -0.1) is 0 Å². The van der Waals surface area contributed by atoms with Crippen molar-refractivity contribution < 1.29 is 19.1 Å². The van der Waals surface area contributed by atoms with Gasteiger partial charge in [-0.25, -0.2) is 9.59 Å². The molecule has 1 rings (SSSR count). The molecule has 0 fully saturated rings. The van der Waals surface area contributed by atoms with Crippen molar-refractivity contribution in [1.29, 1.82) is 10.5 Å². The highest BCUT2D eigenvalue weighted by Crippen LogP contribution is 2.20. The van der Waals surface area contributed by atoms with E-state index in [2.05, 4.69) is 14.8 Å². The van der Waals surface area contributed by atoms with Crippen LogP contribution in [0.3, 0.4) is 0 Å². The molecule has 1 N–H and O–H groups in total. The average Bonchev–Trinajstić information content (AvgIpc) is 2.54. The highest BCUT2D eigenvalue weighted by Gasteiger charge is 2.15. The van der Waals surface area contributed by atoms with Gasteiger partial charge in [-0.3, -0.25) is 0 Å². The maximum absolute atomic E-state index is 11.6. The van der Waals surface area contributed by atoms with E-state index >= 15 is 0 Å². The Labute approximate surface area is 121 Å². The molecule has 7 nitrogen and oxygen atoms in total. The Balaban J connectivity index is 3.27. The fourth-order valence-electron chi connectivity index (χ4n) is 1.44. The molecule has 106 valence electrons. The summed E-state index contributed by atoms with van der Waals surface area (Å²) in [6.45, 7) is 0. The molecule has 0 bridgehead atoms. The second-order valence-electron chi connectivity index (χ2n) is 3.67. The number of carbonyl (C=O) groups is 2. The van der Waals surface area contributed by atoms with Crippen molar-refractivity contribution >= 4 is 17.6 Å². The van der Waals surface area contributed by atoms with Crippen molar-refractivity contribution in [2.75, 3.05) is 19.5 Å². The summed E-state index contributed by atoms with van der Waals surface area (Å²) in [5.74, 6) is -1.21. The van der Waals surface area contributed by atoms with Crippen LogP contribution in [0.4, 0.5) is 5.69 Å². The van der Waals surface area contributed by atoms with Gasteiger partial charge in [-0.05, 0) is 18.2 Å². The molecule has 0 radical (unpaired) electrons. The first-order valence-corrected chi connectivity index (χ1v) is 5.65. The van der Waals surface area contributed by atoms with Gasteiger partial charge < -0.3 is 14.8 Å². The van der Waals surface area contributed by atoms with Gasteiger partial charge in [0, 0.05) is 6.20 Å². The second-order valence-corrected chi connectivity index (χ2v) is 3.67. The minimum Gasteiger partial charge on any atom is -0.465 e. The van der Waals surface area contributed by atoms with E-state index in [0.29, 0.717) is 0 Å². The molecule has 0 aliphatic carbocycles. The number of anilines is 1. The maximum Gasteiger partial charge on any atom is 0.339 e. The van der Waals surface area contributed by atoms with Gasteiger partial charge in [0.25, 0.3) is 0 Å². The molecule has 0 saturated carbocycles. The number of esters is 2. The molecular weight excluding hydrogens is 274 g/mol. The van der Waals surface area contributed by atoms with E-state index in [9.17, 15) is 9.59 Å². The maximum atomic E-state index is 11.6. The minimum absolute atomic E-state index is 0.150. The monoisotopic (exact) mass is 285 g/mol. The topological polar surface area (TPSA) is 112 Å². The summed E-state index contributed by atoms with van der Waals surface area (Å²) in [5.41, 5.74) is 0.384. The van der Waals surface area contributed by atoms with Crippen LogP contribution in [0.25, 0.3) is 0 Å². The summed E-state index contributed by atoms with van der Waals surface area (Å²) in [7, 11) is 2.44. The molecule has 21 heavy (non-hydrogen) atoms. The average molecular weight is 285 g/mol. The van der Waals surface area contributed by atoms with Crippen molar-refractivity contribution in [2.45, 2.75) is 0 Å². The van der Waals surface area contributed by atoms with Crippen LogP contribution in [-0.4, -0.2) is 26.2 Å². The van der Waals surface area contributed by atoms with E-state index in [-0.39, 0.29) is 22.4 Å². The van der Waals surface area contributed by atoms with Gasteiger partial charge >= 0.3 is 11.9 Å². The van der Waals surface area contributed by atoms with E-state index in [1.165, 1.54) is 32.4 Å². The van der Waals surface area contributed by atoms with Crippen LogP contribution in [-0.2, 0) is 9.47 Å². The van der Waals surface area contributed by atoms with E-state index in [4.69, 9.17) is 10.5 Å². The lowest BCUT2D eigenvalue weighted by Crippen LogP contribution is -2.08. The number of allylic oxidation sites excluding steroid dienone is 1. The first-order valence-electron chi connectivity index (χ1n) is 5.65. The van der Waals surface area contributed by atoms with E-state index in [1.807, 2.05) is 0 Å². The Morgan fingerprint density at radius 2 is 1.76 bits per heavy atom. The molecule has 0 aliphatic heterocycles. The number of methoxy groups -OCH3 is 2. The van der Waals surface area contributed by atoms with Crippen LogP contribution in [0.1, 0.15) is 20.7 Å². The Morgan fingerprint density at radius 1 is 1.14 bits per heavy atom. The third-order valence-electron chi connectivity index (χ3n) is 2.46. The summed E-state index contributed by atoms with van der Waals surface area (Å²) < 4.78 is 9.20. The molecular formula is C14H11N3O4. The number of nitriles is 2. The Morgan fingerprint density at radius 3 is 2.29 bits per heavy atom. The van der Waals surface area contributed by atoms with Crippen molar-refractivity contribution in [3.05, 3.63) is 41.1 Å². The molecule has 0 atom stereocenters. The largest absolute Gasteiger partial charge is 0.465 e. The molecule has 0 aromatic heterocycles. The van der Waals surface area contributed by atoms with E-state index < -0.39 is 11.9 Å². The molecule has 0 spiro atoms. The van der Waals surface area contributed by atoms with E-state index in [1.54, 1.807) is 12.1 Å². The zero-order chi connectivity index (χ0) is 15.8. The lowest BCUT2D eigenvalue weighted by Gasteiger charge is -2.09. The number of carbonyl (C=O) groups excluding carboxylic acids is 2. The van der Waals surface area contributed by atoms with Gasteiger partial charge in [0.1, 0.15) is 17.7 Å². The quantitative estimate of drug-likeness (QED) is 0.660. The molecule has 0 unspecified atom stereocenters. The number of benzene rings is 1. The van der Waals surface area contributed by atoms with Crippen LogP contribution in [0.5, 0.6) is 0 Å². The van der Waals surface area contributed by atoms with Crippen molar-refractivity contribution in [3.8, 4) is 12.1 Å². The summed E-state index contributed by atoms with van der Waals surface area (Å²) in [6.07, 6.45) is 1.13. The highest BCUT2D eigenvalue weighted by atomic mass is 16.5. The molecule has 0 aliphatic rings. The number of ether oxygens (including phenoxy) is 2. The summed E-state index contributed by atoms with van der Waals surface area (Å²) in [5, 5.41) is 20.0. The third kappa shape index (κ3) is 3.82. The fourth-order valence-corrected chi connectivity index (χ4v) is 1.44. The molecule has 0 heterocycles. The minimum atomic E-state index is -0.627. The molecule has 7 heteroatoms. The summed E-state index contributed by atoms with van der Waals surface area (Å²) in [4.78, 5) is 23.1. The predicted octanol–water partition coefficient (Wildman–Crippen LogP) is 1.60. The highest BCUT2D eigenvalue weighted by molar-refractivity contribution is 5.99. The van der Waals surface area contributed by atoms with Crippen LogP contribution >= 0.6 is 0 Å². The smallest absolute Gasteiger partial charge is 0.339 e. The summed E-state index contributed by atoms with van der Waals surface area (Å²) in [6, 6.07) is 7.47. The van der Waals surface area contributed by atoms with Gasteiger partial charge in [0.2, 0.25) is 0 Å². The third-order valence-corrected chi connectivity index (χ3v) is 2.46. The number of nitrogens with zero attached hydrogens (tertiary/aromatic N) is 2. The molecule has 1 aromatic carbocycles. The van der Waals surface area contributed by atoms with Crippen LogP contribution in [0.2, 0.25) is 0 Å². The first-order chi connectivity index (χ1) is 10.1. The predicted molar refractivity (Wildman–Crippen MR) is 72.1 cm³/mol. The van der Waals surface area contributed by atoms with Crippen LogP contribution < -0.4 is 5.32 Å². The Bertz CT molecular complexity index is 664. The lowest BCUT2D eigenvalue weighted by atomic mass is 10.1. The van der Waals surface area contributed by atoms with E-state index in [0.717, 1.165) is 6.20 Å². The van der Waals surface area contributed by atoms with Crippen molar-refractivity contribution in [1.82, 2.24) is 0 Å². The number of hydrogen-bond donors (Lipinski definition) is 1. The van der Waals surface area contributed by atoms with Crippen molar-refractivity contribution in [3.63, 3.8) is 0 Å². The lowest BCUT2D eigenvalue weighted by molar-refractivity contribution is 0.0587. The van der Waals surface area contributed by atoms with Gasteiger partial charge in [0.05, 0.1) is 31.0 Å². The standard InChI is InChI=1S/C14H11N3O4/c1-20-13(18)10-3-4-11(14(19)21-2)12(5-10)17-8-9(6-15)7-16/h3-5,8,17H,1-2H3. The molecule has 0 amide bonds. The number of rotatable bonds is 4. The SMILES string of the molecule is COC(=O)c1ccc(C(=O)OC)c(NC=C(C#N)C#N)c1. The number of nitrogens with one attached hydrogen (secondary N) is 1. The Hall–Kier alpha value is -3.32. The molecule has 0 saturated heterocycles. The second kappa shape index (κ2) is 7.31. The van der Waals surface area contributed by atoms with Gasteiger partial charge in [0.15, 0.2) is 0 Å². The van der Waals surface area contributed by atoms with Crippen LogP contribution in [0, 0.1) is 22.7 Å². The Kier molecular flexibility index (Phi) is 5.48. The summed E-state index contributed by atoms with van der Waals surface area (Å²) >= 11 is 0. The fraction of sp³-hybridized carbons (Fsp3) is 0.143. The molecule has 1 aromatic rings. The van der Waals surface area contributed by atoms with Crippen LogP contribution in [0.15, 0.2) is 30.0 Å². The zero-order valence-corrected chi connectivity index (χ0v) is 11.3. The van der Waals surface area contributed by atoms with Crippen molar-refractivity contribution in [2.24, 2.45) is 0 Å². The van der Waals surface area contributed by atoms with Gasteiger partial charge in [-0.1, -0.05) is 0 Å². The first kappa shape index (κ1) is 15.7.